The molecule has 0 saturated heterocycles. The van der Waals surface area contributed by atoms with Gasteiger partial charge < -0.3 is 16.2 Å². The van der Waals surface area contributed by atoms with Crippen LogP contribution in [0, 0.1) is 5.82 Å². The number of carbonyl (C=O) groups is 1. The zero-order valence-corrected chi connectivity index (χ0v) is 18.0. The number of carbonyl (C=O) groups excluding carboxylic acids is 1. The molecular formula is C22H21FN8O2. The van der Waals surface area contributed by atoms with Gasteiger partial charge >= 0.3 is 0 Å². The summed E-state index contributed by atoms with van der Waals surface area (Å²) in [6.07, 6.45) is 5.76. The summed E-state index contributed by atoms with van der Waals surface area (Å²) in [4.78, 5) is 30.9. The number of amides is 1. The Balaban J connectivity index is 1.64. The predicted octanol–water partition coefficient (Wildman–Crippen LogP) is 2.61. The molecule has 0 unspecified atom stereocenters. The summed E-state index contributed by atoms with van der Waals surface area (Å²) in [5, 5.41) is 16.5. The molecule has 1 amide bonds. The van der Waals surface area contributed by atoms with Crippen LogP contribution >= 0.6 is 0 Å². The van der Waals surface area contributed by atoms with Gasteiger partial charge in [-0.2, -0.15) is 5.10 Å². The van der Waals surface area contributed by atoms with Crippen molar-refractivity contribution in [3.05, 3.63) is 53.4 Å². The number of halogens is 1. The van der Waals surface area contributed by atoms with E-state index in [9.17, 15) is 14.3 Å². The second-order valence-corrected chi connectivity index (χ2v) is 8.11. The van der Waals surface area contributed by atoms with Crippen molar-refractivity contribution in [2.45, 2.75) is 38.5 Å². The largest absolute Gasteiger partial charge is 0.505 e. The van der Waals surface area contributed by atoms with Crippen LogP contribution < -0.4 is 11.1 Å². The Morgan fingerprint density at radius 3 is 2.85 bits per heavy atom. The zero-order valence-electron chi connectivity index (χ0n) is 18.0. The molecule has 0 aliphatic carbocycles. The minimum atomic E-state index is -1.33. The summed E-state index contributed by atoms with van der Waals surface area (Å²) < 4.78 is 15.7. The number of aryl methyl sites for hydroxylation is 1. The standard InChI is InChI=1S/C22H21FN8O2/c1-3-4-5-13-20-25-10-26-31(20)9-14(27-13)18-28-17(24)16-19(29-18)30-21(33)22(16,2)11-6-7-15(32)12(23)8-11/h6-10,32H,3-5H2,1-2H3,(H3,24,28,29,30,33)/t22-/m1/s1. The van der Waals surface area contributed by atoms with E-state index in [1.165, 1.54) is 18.5 Å². The second kappa shape index (κ2) is 7.47. The number of hydrogen-bond acceptors (Lipinski definition) is 8. The van der Waals surface area contributed by atoms with E-state index in [-0.39, 0.29) is 17.5 Å². The molecule has 1 aliphatic rings. The van der Waals surface area contributed by atoms with Gasteiger partial charge in [0, 0.05) is 0 Å². The number of phenols is 1. The van der Waals surface area contributed by atoms with Crippen LogP contribution in [0.3, 0.4) is 0 Å². The number of nitrogen functional groups attached to an aromatic ring is 1. The van der Waals surface area contributed by atoms with Crippen LogP contribution in [0.1, 0.15) is 43.5 Å². The smallest absolute Gasteiger partial charge is 0.240 e. The Bertz CT molecular complexity index is 1420. The molecule has 4 aromatic rings. The third-order valence-electron chi connectivity index (χ3n) is 5.98. The molecule has 4 heterocycles. The van der Waals surface area contributed by atoms with Crippen molar-refractivity contribution in [2.75, 3.05) is 11.1 Å². The molecular weight excluding hydrogens is 427 g/mol. The first-order chi connectivity index (χ1) is 15.8. The van der Waals surface area contributed by atoms with E-state index in [4.69, 9.17) is 5.73 Å². The van der Waals surface area contributed by atoms with Crippen LogP contribution in [0.25, 0.3) is 17.2 Å². The Labute approximate surface area is 187 Å². The van der Waals surface area contributed by atoms with Gasteiger partial charge in [-0.1, -0.05) is 19.4 Å². The first-order valence-electron chi connectivity index (χ1n) is 10.5. The van der Waals surface area contributed by atoms with Gasteiger partial charge in [0.1, 0.15) is 29.1 Å². The van der Waals surface area contributed by atoms with Gasteiger partial charge in [0.25, 0.3) is 0 Å². The number of benzene rings is 1. The number of nitrogens with zero attached hydrogens (tertiary/aromatic N) is 6. The van der Waals surface area contributed by atoms with Crippen LogP contribution in [-0.2, 0) is 16.6 Å². The molecule has 0 saturated carbocycles. The van der Waals surface area contributed by atoms with Crippen LogP contribution in [0.2, 0.25) is 0 Å². The molecule has 0 fully saturated rings. The van der Waals surface area contributed by atoms with E-state index in [1.54, 1.807) is 17.6 Å². The molecule has 1 atom stereocenters. The van der Waals surface area contributed by atoms with Gasteiger partial charge in [0.2, 0.25) is 5.91 Å². The lowest BCUT2D eigenvalue weighted by atomic mass is 9.77. The van der Waals surface area contributed by atoms with Gasteiger partial charge in [-0.15, -0.1) is 0 Å². The highest BCUT2D eigenvalue weighted by Crippen LogP contribution is 2.45. The molecule has 0 radical (unpaired) electrons. The van der Waals surface area contributed by atoms with E-state index < -0.39 is 22.9 Å². The van der Waals surface area contributed by atoms with Crippen molar-refractivity contribution < 1.29 is 14.3 Å². The molecule has 0 spiro atoms. The fourth-order valence-electron chi connectivity index (χ4n) is 4.13. The first-order valence-corrected chi connectivity index (χ1v) is 10.5. The van der Waals surface area contributed by atoms with Crippen molar-refractivity contribution in [1.29, 1.82) is 0 Å². The van der Waals surface area contributed by atoms with Crippen LogP contribution in [-0.4, -0.2) is 40.6 Å². The number of nitrogens with two attached hydrogens (primary N) is 1. The van der Waals surface area contributed by atoms with Crippen LogP contribution in [0.4, 0.5) is 16.0 Å². The second-order valence-electron chi connectivity index (χ2n) is 8.11. The monoisotopic (exact) mass is 448 g/mol. The van der Waals surface area contributed by atoms with E-state index in [0.29, 0.717) is 28.9 Å². The summed E-state index contributed by atoms with van der Waals surface area (Å²) in [5.74, 6) is -1.24. The number of rotatable bonds is 5. The Kier molecular flexibility index (Phi) is 4.69. The lowest BCUT2D eigenvalue weighted by Crippen LogP contribution is -2.33. The normalized spacial score (nSPS) is 17.4. The fraction of sp³-hybridized carbons (Fsp3) is 0.273. The highest BCUT2D eigenvalue weighted by Gasteiger charge is 2.48. The summed E-state index contributed by atoms with van der Waals surface area (Å²) in [7, 11) is 0. The van der Waals surface area contributed by atoms with Gasteiger partial charge in [-0.3, -0.25) is 4.79 Å². The van der Waals surface area contributed by atoms with Gasteiger partial charge in [0.05, 0.1) is 17.5 Å². The van der Waals surface area contributed by atoms with Crippen molar-refractivity contribution in [2.24, 2.45) is 0 Å². The summed E-state index contributed by atoms with van der Waals surface area (Å²) in [6, 6.07) is 3.78. The number of aromatic hydroxyl groups is 1. The van der Waals surface area contributed by atoms with Crippen LogP contribution in [0.15, 0.2) is 30.7 Å². The molecule has 0 bridgehead atoms. The maximum absolute atomic E-state index is 14.1. The minimum absolute atomic E-state index is 0.0694. The maximum atomic E-state index is 14.1. The maximum Gasteiger partial charge on any atom is 0.240 e. The van der Waals surface area contributed by atoms with Gasteiger partial charge in [-0.05, 0) is 37.5 Å². The third-order valence-corrected chi connectivity index (χ3v) is 5.98. The number of nitrogens with one attached hydrogen (secondary N) is 1. The van der Waals surface area contributed by atoms with Crippen molar-refractivity contribution in [1.82, 2.24) is 29.5 Å². The first kappa shape index (κ1) is 20.7. The Morgan fingerprint density at radius 1 is 1.27 bits per heavy atom. The van der Waals surface area contributed by atoms with E-state index in [1.807, 2.05) is 0 Å². The third kappa shape index (κ3) is 3.15. The summed E-state index contributed by atoms with van der Waals surface area (Å²) in [5.41, 5.74) is 7.51. The molecule has 4 N–H and O–H groups in total. The molecule has 33 heavy (non-hydrogen) atoms. The van der Waals surface area contributed by atoms with E-state index in [0.717, 1.165) is 24.6 Å². The number of unbranched alkanes of at least 4 members (excludes halogenated alkanes) is 1. The van der Waals surface area contributed by atoms with Gasteiger partial charge in [-0.25, -0.2) is 28.8 Å². The molecule has 1 aliphatic heterocycles. The van der Waals surface area contributed by atoms with E-state index in [2.05, 4.69) is 37.3 Å². The minimum Gasteiger partial charge on any atom is -0.505 e. The number of aromatic nitrogens is 6. The lowest BCUT2D eigenvalue weighted by Gasteiger charge is -2.23. The molecule has 168 valence electrons. The Morgan fingerprint density at radius 2 is 2.09 bits per heavy atom. The summed E-state index contributed by atoms with van der Waals surface area (Å²) >= 11 is 0. The van der Waals surface area contributed by atoms with Crippen molar-refractivity contribution in [3.8, 4) is 17.3 Å². The molecule has 10 nitrogen and oxygen atoms in total. The highest BCUT2D eigenvalue weighted by atomic mass is 19.1. The lowest BCUT2D eigenvalue weighted by molar-refractivity contribution is -0.119. The fourth-order valence-corrected chi connectivity index (χ4v) is 4.13. The summed E-state index contributed by atoms with van der Waals surface area (Å²) in [6.45, 7) is 3.71. The average Bonchev–Trinajstić information content (AvgIpc) is 3.37. The highest BCUT2D eigenvalue weighted by molar-refractivity contribution is 6.09. The quantitative estimate of drug-likeness (QED) is 0.423. The van der Waals surface area contributed by atoms with Crippen molar-refractivity contribution >= 4 is 23.2 Å². The molecule has 11 heteroatoms. The molecule has 5 rings (SSSR count). The van der Waals surface area contributed by atoms with Crippen molar-refractivity contribution in [3.63, 3.8) is 0 Å². The van der Waals surface area contributed by atoms with E-state index >= 15 is 0 Å². The SMILES string of the molecule is CCCCc1nc(-c2nc(N)c3c(n2)NC(=O)[C@]3(C)c2ccc(O)c(F)c2)cn2ncnc12. The number of fused-ring (bicyclic) bond motifs is 2. The predicted molar refractivity (Wildman–Crippen MR) is 118 cm³/mol. The zero-order chi connectivity index (χ0) is 23.3. The number of anilines is 2. The van der Waals surface area contributed by atoms with Gasteiger partial charge in [0.15, 0.2) is 23.0 Å². The number of hydrogen-bond donors (Lipinski definition) is 3. The topological polar surface area (TPSA) is 144 Å². The molecule has 1 aromatic carbocycles. The van der Waals surface area contributed by atoms with Crippen LogP contribution in [0.5, 0.6) is 5.75 Å². The Hall–Kier alpha value is -4.15. The molecule has 3 aromatic heterocycles. The number of phenolic OH excluding ortho intramolecular Hbond substituents is 1. The average molecular weight is 448 g/mol.